The predicted molar refractivity (Wildman–Crippen MR) is 147 cm³/mol. The molecule has 0 radical (unpaired) electrons. The summed E-state index contributed by atoms with van der Waals surface area (Å²) >= 11 is 0. The first-order chi connectivity index (χ1) is 17.1. The minimum absolute atomic E-state index is 0.000667. The van der Waals surface area contributed by atoms with Crippen LogP contribution in [0, 0.1) is 13.8 Å². The van der Waals surface area contributed by atoms with Gasteiger partial charge in [0.15, 0.2) is 0 Å². The molecule has 2 amide bonds. The molecule has 0 saturated heterocycles. The largest absolute Gasteiger partial charge is 0.333 e. The SMILES string of the molecule is CCCCN(CC(=O)Nc1cc(C(C)(C)C)nn1-c1ccc(C)cc1C)C(=O)CCc1ccccc1. The molecule has 1 aromatic heterocycles. The maximum atomic E-state index is 13.2. The molecule has 1 heterocycles. The molecule has 0 aliphatic rings. The van der Waals surface area contributed by atoms with E-state index in [-0.39, 0.29) is 23.8 Å². The second-order valence-electron chi connectivity index (χ2n) is 10.6. The number of anilines is 1. The summed E-state index contributed by atoms with van der Waals surface area (Å²) in [5, 5.41) is 7.89. The van der Waals surface area contributed by atoms with Crippen LogP contribution in [0.2, 0.25) is 0 Å². The van der Waals surface area contributed by atoms with Gasteiger partial charge in [-0.25, -0.2) is 4.68 Å². The van der Waals surface area contributed by atoms with Crippen LogP contribution >= 0.6 is 0 Å². The number of amides is 2. The van der Waals surface area contributed by atoms with E-state index >= 15 is 0 Å². The molecule has 2 aromatic carbocycles. The molecule has 0 unspecified atom stereocenters. The Bertz CT molecular complexity index is 1180. The van der Waals surface area contributed by atoms with Gasteiger partial charge < -0.3 is 10.2 Å². The molecule has 192 valence electrons. The number of unbranched alkanes of at least 4 members (excludes halogenated alkanes) is 1. The van der Waals surface area contributed by atoms with Crippen molar-refractivity contribution in [2.45, 2.75) is 72.6 Å². The van der Waals surface area contributed by atoms with Crippen molar-refractivity contribution in [3.05, 3.63) is 77.0 Å². The Morgan fingerprint density at radius 1 is 1.03 bits per heavy atom. The zero-order valence-electron chi connectivity index (χ0n) is 22.6. The number of benzene rings is 2. The van der Waals surface area contributed by atoms with Gasteiger partial charge in [-0.05, 0) is 43.9 Å². The summed E-state index contributed by atoms with van der Waals surface area (Å²) in [5.41, 5.74) is 5.01. The van der Waals surface area contributed by atoms with E-state index in [1.54, 1.807) is 9.58 Å². The number of nitrogens with zero attached hydrogens (tertiary/aromatic N) is 3. The van der Waals surface area contributed by atoms with Crippen LogP contribution < -0.4 is 5.32 Å². The van der Waals surface area contributed by atoms with Gasteiger partial charge in [0, 0.05) is 24.4 Å². The third-order valence-corrected chi connectivity index (χ3v) is 6.26. The Hall–Kier alpha value is -3.41. The topological polar surface area (TPSA) is 67.2 Å². The first-order valence-corrected chi connectivity index (χ1v) is 12.9. The average molecular weight is 489 g/mol. The highest BCUT2D eigenvalue weighted by Gasteiger charge is 2.23. The van der Waals surface area contributed by atoms with Gasteiger partial charge in [0.05, 0.1) is 17.9 Å². The van der Waals surface area contributed by atoms with Crippen LogP contribution in [0.3, 0.4) is 0 Å². The molecule has 0 aliphatic carbocycles. The van der Waals surface area contributed by atoms with Crippen molar-refractivity contribution in [2.24, 2.45) is 0 Å². The minimum Gasteiger partial charge on any atom is -0.333 e. The summed E-state index contributed by atoms with van der Waals surface area (Å²) in [7, 11) is 0. The van der Waals surface area contributed by atoms with E-state index in [4.69, 9.17) is 5.10 Å². The molecule has 3 aromatic rings. The second-order valence-corrected chi connectivity index (χ2v) is 10.6. The maximum Gasteiger partial charge on any atom is 0.245 e. The van der Waals surface area contributed by atoms with E-state index in [1.165, 1.54) is 5.56 Å². The molecule has 1 N–H and O–H groups in total. The van der Waals surface area contributed by atoms with E-state index in [0.29, 0.717) is 25.2 Å². The Labute approximate surface area is 215 Å². The quantitative estimate of drug-likeness (QED) is 0.381. The molecule has 0 atom stereocenters. The summed E-state index contributed by atoms with van der Waals surface area (Å²) in [5.74, 6) is 0.398. The highest BCUT2D eigenvalue weighted by Crippen LogP contribution is 2.27. The number of carbonyl (C=O) groups excluding carboxylic acids is 2. The predicted octanol–water partition coefficient (Wildman–Crippen LogP) is 5.99. The molecule has 0 spiro atoms. The summed E-state index contributed by atoms with van der Waals surface area (Å²) < 4.78 is 1.81. The molecular weight excluding hydrogens is 448 g/mol. The first kappa shape index (κ1) is 27.2. The number of aromatic nitrogens is 2. The number of rotatable bonds is 10. The molecule has 0 aliphatic heterocycles. The van der Waals surface area contributed by atoms with Crippen LogP contribution in [-0.4, -0.2) is 39.6 Å². The number of aryl methyl sites for hydroxylation is 3. The third kappa shape index (κ3) is 7.30. The Morgan fingerprint density at radius 2 is 1.75 bits per heavy atom. The van der Waals surface area contributed by atoms with E-state index in [9.17, 15) is 9.59 Å². The van der Waals surface area contributed by atoms with Crippen molar-refractivity contribution in [3.63, 3.8) is 0 Å². The lowest BCUT2D eigenvalue weighted by molar-refractivity contribution is -0.134. The summed E-state index contributed by atoms with van der Waals surface area (Å²) in [4.78, 5) is 27.9. The van der Waals surface area contributed by atoms with Crippen LogP contribution in [0.25, 0.3) is 5.69 Å². The number of hydrogen-bond donors (Lipinski definition) is 1. The fourth-order valence-corrected chi connectivity index (χ4v) is 4.11. The van der Waals surface area contributed by atoms with Gasteiger partial charge in [0.2, 0.25) is 11.8 Å². The summed E-state index contributed by atoms with van der Waals surface area (Å²) in [6.07, 6.45) is 2.87. The summed E-state index contributed by atoms with van der Waals surface area (Å²) in [6, 6.07) is 18.1. The average Bonchev–Trinajstić information content (AvgIpc) is 3.24. The lowest BCUT2D eigenvalue weighted by Crippen LogP contribution is -2.39. The van der Waals surface area contributed by atoms with Crippen molar-refractivity contribution in [3.8, 4) is 5.69 Å². The Kier molecular flexibility index (Phi) is 9.08. The molecule has 3 rings (SSSR count). The second kappa shape index (κ2) is 12.0. The molecule has 0 bridgehead atoms. The monoisotopic (exact) mass is 488 g/mol. The Morgan fingerprint density at radius 3 is 2.39 bits per heavy atom. The van der Waals surface area contributed by atoms with E-state index in [1.807, 2.05) is 55.5 Å². The van der Waals surface area contributed by atoms with Crippen LogP contribution in [0.5, 0.6) is 0 Å². The van der Waals surface area contributed by atoms with Crippen molar-refractivity contribution < 1.29 is 9.59 Å². The van der Waals surface area contributed by atoms with Crippen LogP contribution in [0.15, 0.2) is 54.6 Å². The molecule has 0 fully saturated rings. The molecular formula is C30H40N4O2. The molecule has 6 nitrogen and oxygen atoms in total. The van der Waals surface area contributed by atoms with Crippen LogP contribution in [0.4, 0.5) is 5.82 Å². The number of hydrogen-bond acceptors (Lipinski definition) is 3. The van der Waals surface area contributed by atoms with E-state index in [0.717, 1.165) is 35.3 Å². The van der Waals surface area contributed by atoms with Gasteiger partial charge in [-0.2, -0.15) is 5.10 Å². The maximum absolute atomic E-state index is 13.2. The minimum atomic E-state index is -0.217. The molecule has 6 heteroatoms. The van der Waals surface area contributed by atoms with Gasteiger partial charge in [0.1, 0.15) is 5.82 Å². The third-order valence-electron chi connectivity index (χ3n) is 6.26. The van der Waals surface area contributed by atoms with E-state index < -0.39 is 0 Å². The highest BCUT2D eigenvalue weighted by molar-refractivity contribution is 5.94. The van der Waals surface area contributed by atoms with Gasteiger partial charge >= 0.3 is 0 Å². The van der Waals surface area contributed by atoms with Crippen molar-refractivity contribution in [1.29, 1.82) is 0 Å². The normalized spacial score (nSPS) is 11.4. The number of carbonyl (C=O) groups is 2. The molecule has 0 saturated carbocycles. The summed E-state index contributed by atoms with van der Waals surface area (Å²) in [6.45, 7) is 13.1. The fourth-order valence-electron chi connectivity index (χ4n) is 4.11. The zero-order chi connectivity index (χ0) is 26.3. The van der Waals surface area contributed by atoms with Gasteiger partial charge in [-0.15, -0.1) is 0 Å². The fraction of sp³-hybridized carbons (Fsp3) is 0.433. The lowest BCUT2D eigenvalue weighted by atomic mass is 9.92. The van der Waals surface area contributed by atoms with Crippen LogP contribution in [-0.2, 0) is 21.4 Å². The highest BCUT2D eigenvalue weighted by atomic mass is 16.2. The smallest absolute Gasteiger partial charge is 0.245 e. The lowest BCUT2D eigenvalue weighted by Gasteiger charge is -2.22. The zero-order valence-corrected chi connectivity index (χ0v) is 22.6. The Balaban J connectivity index is 1.79. The van der Waals surface area contributed by atoms with Gasteiger partial charge in [-0.3, -0.25) is 9.59 Å². The number of nitrogens with one attached hydrogen (secondary N) is 1. The standard InChI is InChI=1S/C30H40N4O2/c1-7-8-18-33(29(36)17-15-24-12-10-9-11-13-24)21-28(35)31-27-20-26(30(4,5)6)32-34(27)25-16-14-22(2)19-23(25)3/h9-14,16,19-20H,7-8,15,17-18,21H2,1-6H3,(H,31,35). The molecule has 36 heavy (non-hydrogen) atoms. The van der Waals surface area contributed by atoms with Crippen molar-refractivity contribution in [2.75, 3.05) is 18.4 Å². The first-order valence-electron chi connectivity index (χ1n) is 12.9. The van der Waals surface area contributed by atoms with Gasteiger partial charge in [0.25, 0.3) is 0 Å². The van der Waals surface area contributed by atoms with Crippen LogP contribution in [0.1, 0.15) is 69.3 Å². The van der Waals surface area contributed by atoms with E-state index in [2.05, 4.69) is 46.0 Å². The van der Waals surface area contributed by atoms with Crippen molar-refractivity contribution in [1.82, 2.24) is 14.7 Å². The van der Waals surface area contributed by atoms with Gasteiger partial charge in [-0.1, -0.05) is 82.1 Å². The van der Waals surface area contributed by atoms with Crippen molar-refractivity contribution >= 4 is 17.6 Å².